The lowest BCUT2D eigenvalue weighted by molar-refractivity contribution is -0.152. The van der Waals surface area contributed by atoms with Crippen LogP contribution < -0.4 is 16.0 Å². The quantitative estimate of drug-likeness (QED) is 0.0200. The molecule has 13 nitrogen and oxygen atoms in total. The van der Waals surface area contributed by atoms with Crippen molar-refractivity contribution in [2.45, 2.75) is 217 Å². The maximum absolute atomic E-state index is 12.8. The molecule has 0 bridgehead atoms. The molecule has 338 valence electrons. The second-order valence-corrected chi connectivity index (χ2v) is 18.9. The summed E-state index contributed by atoms with van der Waals surface area (Å²) >= 11 is 1.84. The largest absolute Gasteiger partial charge is 0.472 e. The fourth-order valence-electron chi connectivity index (χ4n) is 7.42. The number of phosphoric acid groups is 1. The van der Waals surface area contributed by atoms with Crippen LogP contribution in [0.25, 0.3) is 0 Å². The molecule has 4 atom stereocenters. The first-order valence-corrected chi connectivity index (χ1v) is 25.6. The van der Waals surface area contributed by atoms with Gasteiger partial charge in [0, 0.05) is 36.8 Å². The summed E-state index contributed by atoms with van der Waals surface area (Å²) in [6.45, 7) is 3.44. The summed E-state index contributed by atoms with van der Waals surface area (Å²) in [4.78, 5) is 59.4. The van der Waals surface area contributed by atoms with Gasteiger partial charge in [0.2, 0.25) is 5.91 Å². The standard InChI is InChI=1S/C43H80N3O10PS/c1-3-5-7-9-11-13-15-17-19-21-23-29-40(48)53-33-36(34-54-41(49)30-24-22-20-18-16-14-12-10-8-6-4-2)56-57(51,52)55-32-31-44-39(47)28-26-25-27-38-42-37(35-58-38)45-43(50)46-42/h36-38,42H,3-35H2,1-2H3,(H,44,47)(H,51,52)(H2,45,46,50). The Morgan fingerprint density at radius 2 is 1.17 bits per heavy atom. The number of thioether (sulfide) groups is 1. The minimum absolute atomic E-state index is 0.000763. The van der Waals surface area contributed by atoms with Gasteiger partial charge in [0.25, 0.3) is 0 Å². The van der Waals surface area contributed by atoms with Gasteiger partial charge in [-0.1, -0.05) is 149 Å². The van der Waals surface area contributed by atoms with Crippen molar-refractivity contribution in [1.29, 1.82) is 0 Å². The van der Waals surface area contributed by atoms with Crippen LogP contribution in [0.1, 0.15) is 194 Å². The van der Waals surface area contributed by atoms with E-state index in [2.05, 4.69) is 29.8 Å². The highest BCUT2D eigenvalue weighted by molar-refractivity contribution is 8.00. The van der Waals surface area contributed by atoms with Crippen LogP contribution in [-0.4, -0.2) is 84.3 Å². The van der Waals surface area contributed by atoms with Gasteiger partial charge in [0.15, 0.2) is 0 Å². The molecule has 15 heteroatoms. The first-order valence-electron chi connectivity index (χ1n) is 23.1. The first-order chi connectivity index (χ1) is 28.1. The molecule has 4 unspecified atom stereocenters. The number of nitrogens with one attached hydrogen (secondary N) is 3. The Hall–Kier alpha value is -1.86. The first kappa shape index (κ1) is 52.3. The average molecular weight is 862 g/mol. The summed E-state index contributed by atoms with van der Waals surface area (Å²) in [6, 6.07) is 0.194. The van der Waals surface area contributed by atoms with Crippen molar-refractivity contribution in [2.75, 3.05) is 32.1 Å². The molecule has 0 spiro atoms. The lowest BCUT2D eigenvalue weighted by Gasteiger charge is -2.21. The summed E-state index contributed by atoms with van der Waals surface area (Å²) in [6.07, 6.45) is 27.6. The minimum Gasteiger partial charge on any atom is -0.463 e. The van der Waals surface area contributed by atoms with Gasteiger partial charge in [0.05, 0.1) is 18.7 Å². The Labute approximate surface area is 354 Å². The number of amides is 3. The van der Waals surface area contributed by atoms with E-state index in [-0.39, 0.29) is 63.2 Å². The molecular weight excluding hydrogens is 782 g/mol. The lowest BCUT2D eigenvalue weighted by atomic mass is 10.0. The Kier molecular flexibility index (Phi) is 30.5. The zero-order valence-electron chi connectivity index (χ0n) is 36.1. The predicted molar refractivity (Wildman–Crippen MR) is 232 cm³/mol. The molecule has 2 fully saturated rings. The number of hydrogen-bond donors (Lipinski definition) is 4. The van der Waals surface area contributed by atoms with Gasteiger partial charge in [-0.25, -0.2) is 9.36 Å². The molecule has 58 heavy (non-hydrogen) atoms. The number of hydrogen-bond acceptors (Lipinski definition) is 10. The molecule has 0 aromatic carbocycles. The van der Waals surface area contributed by atoms with Crippen LogP contribution in [0.2, 0.25) is 0 Å². The van der Waals surface area contributed by atoms with Crippen LogP contribution in [0, 0.1) is 0 Å². The fraction of sp³-hybridized carbons (Fsp3) is 0.907. The number of rotatable bonds is 39. The zero-order chi connectivity index (χ0) is 42.1. The molecule has 0 saturated carbocycles. The van der Waals surface area contributed by atoms with Crippen molar-refractivity contribution in [1.82, 2.24) is 16.0 Å². The van der Waals surface area contributed by atoms with Crippen LogP contribution in [0.15, 0.2) is 0 Å². The van der Waals surface area contributed by atoms with Crippen molar-refractivity contribution in [3.05, 3.63) is 0 Å². The van der Waals surface area contributed by atoms with Crippen molar-refractivity contribution in [3.63, 3.8) is 0 Å². The van der Waals surface area contributed by atoms with Gasteiger partial charge < -0.3 is 30.3 Å². The van der Waals surface area contributed by atoms with Crippen LogP contribution in [0.3, 0.4) is 0 Å². The third kappa shape index (κ3) is 27.1. The van der Waals surface area contributed by atoms with Crippen molar-refractivity contribution in [3.8, 4) is 0 Å². The predicted octanol–water partition coefficient (Wildman–Crippen LogP) is 9.82. The van der Waals surface area contributed by atoms with E-state index >= 15 is 0 Å². The van der Waals surface area contributed by atoms with Gasteiger partial charge in [-0.2, -0.15) is 11.8 Å². The molecule has 2 rings (SSSR count). The molecule has 2 saturated heterocycles. The van der Waals surface area contributed by atoms with Crippen molar-refractivity contribution in [2.24, 2.45) is 0 Å². The maximum atomic E-state index is 12.8. The number of ether oxygens (including phenoxy) is 2. The molecule has 0 aromatic rings. The van der Waals surface area contributed by atoms with Gasteiger partial charge >= 0.3 is 25.8 Å². The van der Waals surface area contributed by atoms with Crippen LogP contribution in [0.4, 0.5) is 4.79 Å². The third-order valence-electron chi connectivity index (χ3n) is 10.9. The van der Waals surface area contributed by atoms with E-state index in [1.165, 1.54) is 89.9 Å². The molecule has 0 aliphatic carbocycles. The van der Waals surface area contributed by atoms with Crippen LogP contribution in [-0.2, 0) is 37.5 Å². The molecule has 2 aliphatic rings. The van der Waals surface area contributed by atoms with Gasteiger partial charge in [-0.15, -0.1) is 0 Å². The summed E-state index contributed by atoms with van der Waals surface area (Å²) in [5.74, 6) is -0.191. The molecular formula is C43H80N3O10PS. The molecule has 0 radical (unpaired) electrons. The number of esters is 2. The van der Waals surface area contributed by atoms with E-state index in [1.54, 1.807) is 0 Å². The second kappa shape index (κ2) is 33.8. The SMILES string of the molecule is CCCCCCCCCCCCCC(=O)OCC(COC(=O)CCCCCCCCCCCCC)OP(=O)(O)OCCNC(=O)CCCCC1SCC2NC(=O)NC21. The van der Waals surface area contributed by atoms with E-state index < -0.39 is 25.9 Å². The number of carbonyl (C=O) groups is 4. The average Bonchev–Trinajstić information content (AvgIpc) is 3.76. The molecule has 4 N–H and O–H groups in total. The summed E-state index contributed by atoms with van der Waals surface area (Å²) in [5, 5.41) is 8.93. The van der Waals surface area contributed by atoms with Crippen molar-refractivity contribution >= 4 is 43.5 Å². The van der Waals surface area contributed by atoms with E-state index in [4.69, 9.17) is 18.5 Å². The zero-order valence-corrected chi connectivity index (χ0v) is 37.8. The Morgan fingerprint density at radius 1 is 0.707 bits per heavy atom. The lowest BCUT2D eigenvalue weighted by Crippen LogP contribution is -2.36. The summed E-state index contributed by atoms with van der Waals surface area (Å²) in [7, 11) is -4.65. The summed E-state index contributed by atoms with van der Waals surface area (Å²) < 4.78 is 34.0. The highest BCUT2D eigenvalue weighted by Crippen LogP contribution is 2.44. The number of unbranched alkanes of at least 4 members (excludes halogenated alkanes) is 21. The topological polar surface area (TPSA) is 179 Å². The van der Waals surface area contributed by atoms with Crippen LogP contribution >= 0.6 is 19.6 Å². The highest BCUT2D eigenvalue weighted by Gasteiger charge is 2.42. The molecule has 0 aromatic heterocycles. The van der Waals surface area contributed by atoms with E-state index in [0.29, 0.717) is 30.9 Å². The maximum Gasteiger partial charge on any atom is 0.472 e. The Bertz CT molecular complexity index is 1130. The number of phosphoric ester groups is 1. The smallest absolute Gasteiger partial charge is 0.463 e. The Balaban J connectivity index is 1.66. The van der Waals surface area contributed by atoms with E-state index in [0.717, 1.165) is 57.1 Å². The monoisotopic (exact) mass is 862 g/mol. The van der Waals surface area contributed by atoms with E-state index in [1.807, 2.05) is 11.8 Å². The third-order valence-corrected chi connectivity index (χ3v) is 13.5. The van der Waals surface area contributed by atoms with E-state index in [9.17, 15) is 28.6 Å². The number of urea groups is 1. The summed E-state index contributed by atoms with van der Waals surface area (Å²) in [5.41, 5.74) is 0. The fourth-order valence-corrected chi connectivity index (χ4v) is 9.85. The second-order valence-electron chi connectivity index (χ2n) is 16.2. The normalized spacial score (nSPS) is 18.4. The molecule has 3 amide bonds. The van der Waals surface area contributed by atoms with Crippen molar-refractivity contribution < 1.29 is 47.2 Å². The van der Waals surface area contributed by atoms with Gasteiger partial charge in [0.1, 0.15) is 19.3 Å². The Morgan fingerprint density at radius 3 is 1.67 bits per heavy atom. The van der Waals surface area contributed by atoms with Gasteiger partial charge in [-0.3, -0.25) is 23.4 Å². The minimum atomic E-state index is -4.65. The molecule has 2 heterocycles. The van der Waals surface area contributed by atoms with Gasteiger partial charge in [-0.05, 0) is 25.7 Å². The number of carbonyl (C=O) groups excluding carboxylic acids is 4. The number of fused-ring (bicyclic) bond motifs is 1. The molecule has 2 aliphatic heterocycles. The van der Waals surface area contributed by atoms with Crippen LogP contribution in [0.5, 0.6) is 0 Å². The highest BCUT2D eigenvalue weighted by atomic mass is 32.2.